The maximum atomic E-state index is 13.0. The first-order chi connectivity index (χ1) is 14.4. The summed E-state index contributed by atoms with van der Waals surface area (Å²) in [5, 5.41) is 11.5. The summed E-state index contributed by atoms with van der Waals surface area (Å²) in [7, 11) is 1.52. The van der Waals surface area contributed by atoms with Crippen LogP contribution in [0.15, 0.2) is 70.7 Å². The van der Waals surface area contributed by atoms with Crippen LogP contribution in [0.25, 0.3) is 5.76 Å². The molecule has 0 aliphatic carbocycles. The predicted molar refractivity (Wildman–Crippen MR) is 113 cm³/mol. The quantitative estimate of drug-likeness (QED) is 0.367. The number of hydrogen-bond acceptors (Lipinski definition) is 5. The van der Waals surface area contributed by atoms with Crippen molar-refractivity contribution in [2.24, 2.45) is 0 Å². The highest BCUT2D eigenvalue weighted by Crippen LogP contribution is 2.43. The molecule has 0 saturated carbocycles. The van der Waals surface area contributed by atoms with Crippen molar-refractivity contribution < 1.29 is 23.8 Å². The van der Waals surface area contributed by atoms with Crippen LogP contribution in [0.2, 0.25) is 5.02 Å². The van der Waals surface area contributed by atoms with Crippen LogP contribution in [0.5, 0.6) is 5.75 Å². The largest absolute Gasteiger partial charge is 0.507 e. The lowest BCUT2D eigenvalue weighted by Gasteiger charge is -2.23. The van der Waals surface area contributed by atoms with E-state index in [1.54, 1.807) is 67.6 Å². The third-order valence-electron chi connectivity index (χ3n) is 4.92. The van der Waals surface area contributed by atoms with E-state index in [2.05, 4.69) is 0 Å². The Hall–Kier alpha value is -3.51. The first kappa shape index (κ1) is 19.8. The van der Waals surface area contributed by atoms with E-state index in [1.165, 1.54) is 12.0 Å². The summed E-state index contributed by atoms with van der Waals surface area (Å²) in [4.78, 5) is 27.3. The van der Waals surface area contributed by atoms with Gasteiger partial charge in [0, 0.05) is 22.3 Å². The molecule has 2 heterocycles. The Morgan fingerprint density at radius 2 is 1.83 bits per heavy atom. The minimum atomic E-state index is -0.929. The Labute approximate surface area is 177 Å². The van der Waals surface area contributed by atoms with Gasteiger partial charge in [0.25, 0.3) is 11.7 Å². The van der Waals surface area contributed by atoms with Gasteiger partial charge in [-0.3, -0.25) is 14.5 Å². The summed E-state index contributed by atoms with van der Waals surface area (Å²) in [6, 6.07) is 15.7. The number of nitrogens with zero attached hydrogens (tertiary/aromatic N) is 1. The Bertz CT molecular complexity index is 1160. The SMILES string of the molecule is COc1cccc(N2C(=O)C(=O)/C(=C(\O)c3ccc(Cl)cc3)C2c2ccc(C)o2)c1. The maximum Gasteiger partial charge on any atom is 0.300 e. The number of carbonyl (C=O) groups excluding carboxylic acids is 2. The highest BCUT2D eigenvalue weighted by molar-refractivity contribution is 6.51. The number of Topliss-reactive ketones (excluding diaryl/α,β-unsaturated/α-hetero) is 1. The van der Waals surface area contributed by atoms with Gasteiger partial charge in [0.15, 0.2) is 0 Å². The Kier molecular flexibility index (Phi) is 5.10. The second kappa shape index (κ2) is 7.72. The van der Waals surface area contributed by atoms with Crippen molar-refractivity contribution in [3.8, 4) is 5.75 Å². The summed E-state index contributed by atoms with van der Waals surface area (Å²) >= 11 is 5.93. The van der Waals surface area contributed by atoms with Crippen molar-refractivity contribution >= 4 is 34.7 Å². The van der Waals surface area contributed by atoms with E-state index < -0.39 is 17.7 Å². The molecule has 1 saturated heterocycles. The summed E-state index contributed by atoms with van der Waals surface area (Å²) < 4.78 is 11.0. The monoisotopic (exact) mass is 423 g/mol. The van der Waals surface area contributed by atoms with E-state index in [4.69, 9.17) is 20.8 Å². The van der Waals surface area contributed by atoms with Gasteiger partial charge in [0.05, 0.1) is 12.7 Å². The fourth-order valence-electron chi connectivity index (χ4n) is 3.49. The number of ether oxygens (including phenoxy) is 1. The van der Waals surface area contributed by atoms with Crippen molar-refractivity contribution in [3.05, 3.63) is 88.3 Å². The lowest BCUT2D eigenvalue weighted by atomic mass is 9.99. The number of halogens is 1. The van der Waals surface area contributed by atoms with Crippen LogP contribution in [0.4, 0.5) is 5.69 Å². The topological polar surface area (TPSA) is 80.0 Å². The second-order valence-corrected chi connectivity index (χ2v) is 7.26. The lowest BCUT2D eigenvalue weighted by molar-refractivity contribution is -0.132. The van der Waals surface area contributed by atoms with E-state index in [-0.39, 0.29) is 11.3 Å². The fraction of sp³-hybridized carbons (Fsp3) is 0.130. The molecule has 4 rings (SSSR count). The summed E-state index contributed by atoms with van der Waals surface area (Å²) in [6.45, 7) is 1.76. The van der Waals surface area contributed by atoms with Crippen molar-refractivity contribution in [2.45, 2.75) is 13.0 Å². The molecule has 1 N–H and O–H groups in total. The zero-order chi connectivity index (χ0) is 21.4. The normalized spacial score (nSPS) is 18.1. The van der Waals surface area contributed by atoms with E-state index in [0.29, 0.717) is 33.5 Å². The van der Waals surface area contributed by atoms with Gasteiger partial charge in [0.2, 0.25) is 0 Å². The van der Waals surface area contributed by atoms with E-state index in [9.17, 15) is 14.7 Å². The number of rotatable bonds is 4. The fourth-order valence-corrected chi connectivity index (χ4v) is 3.62. The number of methoxy groups -OCH3 is 1. The Balaban J connectivity index is 1.93. The predicted octanol–water partition coefficient (Wildman–Crippen LogP) is 4.88. The summed E-state index contributed by atoms with van der Waals surface area (Å²) in [6.07, 6.45) is 0. The molecule has 3 aromatic rings. The standard InChI is InChI=1S/C23H18ClNO5/c1-13-6-11-18(30-13)20-19(21(26)14-7-9-15(24)10-8-14)22(27)23(28)25(20)16-4-3-5-17(12-16)29-2/h3-12,20,26H,1-2H3/b21-19-. The van der Waals surface area contributed by atoms with Crippen LogP contribution in [0, 0.1) is 6.92 Å². The van der Waals surface area contributed by atoms with Crippen molar-refractivity contribution in [2.75, 3.05) is 12.0 Å². The molecule has 1 unspecified atom stereocenters. The van der Waals surface area contributed by atoms with Crippen LogP contribution < -0.4 is 9.64 Å². The first-order valence-electron chi connectivity index (χ1n) is 9.18. The summed E-state index contributed by atoms with van der Waals surface area (Å²) in [5.41, 5.74) is 0.765. The number of aliphatic hydroxyl groups excluding tert-OH is 1. The van der Waals surface area contributed by atoms with E-state index in [0.717, 1.165) is 0 Å². The molecular weight excluding hydrogens is 406 g/mol. The zero-order valence-corrected chi connectivity index (χ0v) is 17.0. The van der Waals surface area contributed by atoms with Crippen LogP contribution in [0.3, 0.4) is 0 Å². The molecular formula is C23H18ClNO5. The van der Waals surface area contributed by atoms with E-state index in [1.807, 2.05) is 0 Å². The molecule has 1 amide bonds. The number of amides is 1. The van der Waals surface area contributed by atoms with Gasteiger partial charge in [-0.1, -0.05) is 17.7 Å². The molecule has 1 aliphatic heterocycles. The van der Waals surface area contributed by atoms with Gasteiger partial charge in [-0.25, -0.2) is 0 Å². The first-order valence-corrected chi connectivity index (χ1v) is 9.56. The van der Waals surface area contributed by atoms with Gasteiger partial charge in [-0.2, -0.15) is 0 Å². The molecule has 6 nitrogen and oxygen atoms in total. The van der Waals surface area contributed by atoms with Crippen molar-refractivity contribution in [3.63, 3.8) is 0 Å². The average Bonchev–Trinajstić information content (AvgIpc) is 3.29. The van der Waals surface area contributed by atoms with E-state index >= 15 is 0 Å². The van der Waals surface area contributed by atoms with Crippen LogP contribution >= 0.6 is 11.6 Å². The van der Waals surface area contributed by atoms with Crippen molar-refractivity contribution in [1.29, 1.82) is 0 Å². The summed E-state index contributed by atoms with van der Waals surface area (Å²) in [5.74, 6) is -0.351. The second-order valence-electron chi connectivity index (χ2n) is 6.83. The molecule has 0 radical (unpaired) electrons. The lowest BCUT2D eigenvalue weighted by Crippen LogP contribution is -2.29. The number of hydrogen-bond donors (Lipinski definition) is 1. The third kappa shape index (κ3) is 3.35. The molecule has 1 fully saturated rings. The number of ketones is 1. The molecule has 1 aromatic heterocycles. The molecule has 7 heteroatoms. The van der Waals surface area contributed by atoms with Gasteiger partial charge >= 0.3 is 0 Å². The highest BCUT2D eigenvalue weighted by Gasteiger charge is 2.48. The zero-order valence-electron chi connectivity index (χ0n) is 16.3. The van der Waals surface area contributed by atoms with Gasteiger partial charge in [0.1, 0.15) is 29.1 Å². The highest BCUT2D eigenvalue weighted by atomic mass is 35.5. The van der Waals surface area contributed by atoms with Gasteiger partial charge < -0.3 is 14.3 Å². The van der Waals surface area contributed by atoms with Crippen LogP contribution in [-0.2, 0) is 9.59 Å². The number of carbonyl (C=O) groups is 2. The average molecular weight is 424 g/mol. The number of aryl methyl sites for hydroxylation is 1. The number of furan rings is 1. The Morgan fingerprint density at radius 3 is 2.47 bits per heavy atom. The van der Waals surface area contributed by atoms with Crippen LogP contribution in [-0.4, -0.2) is 23.9 Å². The minimum absolute atomic E-state index is 0.0560. The third-order valence-corrected chi connectivity index (χ3v) is 5.18. The Morgan fingerprint density at radius 1 is 1.10 bits per heavy atom. The number of anilines is 1. The maximum absolute atomic E-state index is 13.0. The van der Waals surface area contributed by atoms with Crippen molar-refractivity contribution in [1.82, 2.24) is 0 Å². The number of benzene rings is 2. The number of aliphatic hydroxyl groups is 1. The van der Waals surface area contributed by atoms with Gasteiger partial charge in [-0.15, -0.1) is 0 Å². The minimum Gasteiger partial charge on any atom is -0.507 e. The molecule has 1 atom stereocenters. The molecule has 30 heavy (non-hydrogen) atoms. The molecule has 0 bridgehead atoms. The smallest absolute Gasteiger partial charge is 0.300 e. The molecule has 0 spiro atoms. The molecule has 2 aromatic carbocycles. The molecule has 1 aliphatic rings. The molecule has 152 valence electrons. The van der Waals surface area contributed by atoms with Crippen LogP contribution in [0.1, 0.15) is 23.1 Å². The van der Waals surface area contributed by atoms with Gasteiger partial charge in [-0.05, 0) is 55.5 Å².